The average molecular weight is 366 g/mol. The van der Waals surface area contributed by atoms with Gasteiger partial charge in [-0.05, 0) is 50.9 Å². The van der Waals surface area contributed by atoms with Crippen LogP contribution in [0.15, 0.2) is 18.2 Å². The Bertz CT molecular complexity index is 811. The number of piperidine rings is 1. The van der Waals surface area contributed by atoms with Crippen molar-refractivity contribution < 1.29 is 18.1 Å². The molecule has 138 valence electrons. The number of anilines is 1. The normalized spacial score (nSPS) is 37.7. The maximum Gasteiger partial charge on any atom is 0.271 e. The molecule has 5 atom stereocenters. The number of aliphatic hydroxyl groups is 1. The third kappa shape index (κ3) is 2.29. The monoisotopic (exact) mass is 366 g/mol. The van der Waals surface area contributed by atoms with Gasteiger partial charge in [-0.3, -0.25) is 4.55 Å². The van der Waals surface area contributed by atoms with E-state index < -0.39 is 14.9 Å². The number of hydrogen-bond acceptors (Lipinski definition) is 5. The van der Waals surface area contributed by atoms with Gasteiger partial charge in [0.05, 0.1) is 0 Å². The number of likely N-dealkylation sites (N-methyl/N-ethyl adjacent to an activating group) is 1. The second-order valence-corrected chi connectivity index (χ2v) is 10.1. The largest absolute Gasteiger partial charge is 0.376 e. The lowest BCUT2D eigenvalue weighted by Crippen LogP contribution is -2.57. The topological polar surface area (TPSA) is 81.1 Å². The summed E-state index contributed by atoms with van der Waals surface area (Å²) in [5.41, 5.74) is 3.51. The minimum absolute atomic E-state index is 0.0119. The molecule has 3 unspecified atom stereocenters. The van der Waals surface area contributed by atoms with Gasteiger partial charge < -0.3 is 14.9 Å². The molecule has 7 heteroatoms. The van der Waals surface area contributed by atoms with E-state index >= 15 is 0 Å². The van der Waals surface area contributed by atoms with Crippen LogP contribution in [-0.4, -0.2) is 60.1 Å². The van der Waals surface area contributed by atoms with Crippen molar-refractivity contribution in [3.05, 3.63) is 29.3 Å². The summed E-state index contributed by atoms with van der Waals surface area (Å²) in [7, 11) is -2.18. The maximum atomic E-state index is 12.0. The number of benzene rings is 1. The Kier molecular flexibility index (Phi) is 3.75. The highest BCUT2D eigenvalue weighted by Crippen LogP contribution is 2.55. The van der Waals surface area contributed by atoms with Crippen molar-refractivity contribution in [1.82, 2.24) is 4.90 Å². The molecule has 2 aliphatic heterocycles. The molecule has 25 heavy (non-hydrogen) atoms. The average Bonchev–Trinajstić information content (AvgIpc) is 2.80. The molecule has 4 rings (SSSR count). The van der Waals surface area contributed by atoms with E-state index in [4.69, 9.17) is 0 Å². The zero-order valence-corrected chi connectivity index (χ0v) is 15.7. The molecule has 0 bridgehead atoms. The number of rotatable bonds is 2. The zero-order chi connectivity index (χ0) is 18.1. The highest BCUT2D eigenvalue weighted by Gasteiger charge is 2.53. The summed E-state index contributed by atoms with van der Waals surface area (Å²) < 4.78 is 32.7. The molecule has 2 heterocycles. The summed E-state index contributed by atoms with van der Waals surface area (Å²) in [6.07, 6.45) is 1.38. The van der Waals surface area contributed by atoms with Crippen LogP contribution in [0, 0.1) is 0 Å². The van der Waals surface area contributed by atoms with E-state index in [1.807, 2.05) is 24.1 Å². The van der Waals surface area contributed by atoms with Crippen LogP contribution >= 0.6 is 0 Å². The van der Waals surface area contributed by atoms with Crippen molar-refractivity contribution in [1.29, 1.82) is 0 Å². The number of likely N-dealkylation sites (tertiary alicyclic amines) is 1. The number of hydrogen-bond donors (Lipinski definition) is 2. The second-order valence-electron chi connectivity index (χ2n) is 8.19. The molecular formula is C18H26N2O4S. The number of fused-ring (bicyclic) bond motifs is 2. The van der Waals surface area contributed by atoms with E-state index in [0.717, 1.165) is 12.1 Å². The molecule has 0 spiro atoms. The predicted octanol–water partition coefficient (Wildman–Crippen LogP) is 1.77. The fraction of sp³-hybridized carbons (Fsp3) is 0.667. The molecule has 1 aromatic rings. The Morgan fingerprint density at radius 1 is 1.32 bits per heavy atom. The van der Waals surface area contributed by atoms with Crippen molar-refractivity contribution in [3.63, 3.8) is 0 Å². The minimum Gasteiger partial charge on any atom is -0.376 e. The lowest BCUT2D eigenvalue weighted by atomic mass is 9.67. The SMILES string of the molecule is CC1C2C[C@@H]3[C@H](CC(C)(S(=O)(=O)O)CN3C)c3cccc(c32)N1CO. The predicted molar refractivity (Wildman–Crippen MR) is 96.6 cm³/mol. The molecule has 0 amide bonds. The highest BCUT2D eigenvalue weighted by molar-refractivity contribution is 7.87. The summed E-state index contributed by atoms with van der Waals surface area (Å²) in [5.74, 6) is 0.417. The van der Waals surface area contributed by atoms with Gasteiger partial charge in [-0.25, -0.2) is 0 Å². The van der Waals surface area contributed by atoms with E-state index in [-0.39, 0.29) is 24.7 Å². The van der Waals surface area contributed by atoms with E-state index in [1.54, 1.807) is 6.92 Å². The van der Waals surface area contributed by atoms with Crippen LogP contribution < -0.4 is 4.90 Å². The van der Waals surface area contributed by atoms with Crippen molar-refractivity contribution in [2.75, 3.05) is 25.2 Å². The van der Waals surface area contributed by atoms with Gasteiger partial charge in [0.15, 0.2) is 0 Å². The molecule has 0 saturated carbocycles. The molecular weight excluding hydrogens is 340 g/mol. The Morgan fingerprint density at radius 3 is 2.68 bits per heavy atom. The first-order chi connectivity index (χ1) is 11.7. The Labute approximate surface area is 149 Å². The number of aliphatic hydroxyl groups excluding tert-OH is 1. The molecule has 1 aliphatic carbocycles. The van der Waals surface area contributed by atoms with Crippen LogP contribution in [0.3, 0.4) is 0 Å². The highest BCUT2D eigenvalue weighted by atomic mass is 32.2. The lowest BCUT2D eigenvalue weighted by molar-refractivity contribution is 0.105. The van der Waals surface area contributed by atoms with Gasteiger partial charge in [0.2, 0.25) is 0 Å². The van der Waals surface area contributed by atoms with E-state index in [0.29, 0.717) is 18.9 Å². The molecule has 3 aliphatic rings. The van der Waals surface area contributed by atoms with E-state index in [1.165, 1.54) is 11.1 Å². The first-order valence-corrected chi connectivity index (χ1v) is 10.3. The fourth-order valence-corrected chi connectivity index (χ4v) is 6.23. The van der Waals surface area contributed by atoms with Crippen molar-refractivity contribution >= 4 is 15.8 Å². The van der Waals surface area contributed by atoms with Gasteiger partial charge in [0.25, 0.3) is 10.1 Å². The molecule has 1 fully saturated rings. The summed E-state index contributed by atoms with van der Waals surface area (Å²) >= 11 is 0. The van der Waals surface area contributed by atoms with Crippen LogP contribution in [0.5, 0.6) is 0 Å². The Balaban J connectivity index is 1.84. The van der Waals surface area contributed by atoms with Crippen molar-refractivity contribution in [2.24, 2.45) is 0 Å². The third-order valence-electron chi connectivity index (χ3n) is 6.81. The molecule has 6 nitrogen and oxygen atoms in total. The smallest absolute Gasteiger partial charge is 0.271 e. The number of nitrogens with zero attached hydrogens (tertiary/aromatic N) is 2. The van der Waals surface area contributed by atoms with Gasteiger partial charge in [-0.15, -0.1) is 0 Å². The van der Waals surface area contributed by atoms with Crippen LogP contribution in [0.25, 0.3) is 0 Å². The first-order valence-electron chi connectivity index (χ1n) is 8.85. The molecule has 0 aromatic heterocycles. The van der Waals surface area contributed by atoms with Gasteiger partial charge in [0, 0.05) is 36.2 Å². The van der Waals surface area contributed by atoms with Crippen LogP contribution in [0.1, 0.15) is 49.7 Å². The third-order valence-corrected chi connectivity index (χ3v) is 8.35. The quantitative estimate of drug-likeness (QED) is 0.777. The van der Waals surface area contributed by atoms with E-state index in [2.05, 4.69) is 17.9 Å². The van der Waals surface area contributed by atoms with Crippen LogP contribution in [0.4, 0.5) is 5.69 Å². The van der Waals surface area contributed by atoms with Gasteiger partial charge >= 0.3 is 0 Å². The Morgan fingerprint density at radius 2 is 2.04 bits per heavy atom. The first kappa shape index (κ1) is 17.3. The van der Waals surface area contributed by atoms with E-state index in [9.17, 15) is 18.1 Å². The Hall–Kier alpha value is -1.15. The standard InChI is InChI=1S/C18H26N2O4S/c1-11-13-7-16-14(8-18(2,9-19(16)3)25(22,23)24)12-5-4-6-15(17(12)13)20(11)10-21/h4-6,11,13-14,16,21H,7-10H2,1-3H3,(H,22,23,24)/t11?,13?,14-,16-,18?/m1/s1. The summed E-state index contributed by atoms with van der Waals surface area (Å²) in [6, 6.07) is 6.61. The van der Waals surface area contributed by atoms with Gasteiger partial charge in [0.1, 0.15) is 11.5 Å². The lowest BCUT2D eigenvalue weighted by Gasteiger charge is -2.50. The molecule has 1 saturated heterocycles. The molecule has 0 radical (unpaired) electrons. The van der Waals surface area contributed by atoms with Crippen LogP contribution in [-0.2, 0) is 10.1 Å². The molecule has 2 N–H and O–H groups in total. The summed E-state index contributed by atoms with van der Waals surface area (Å²) in [5, 5.41) is 9.81. The van der Waals surface area contributed by atoms with Crippen molar-refractivity contribution in [3.8, 4) is 0 Å². The zero-order valence-electron chi connectivity index (χ0n) is 14.9. The molecule has 1 aromatic carbocycles. The van der Waals surface area contributed by atoms with Crippen molar-refractivity contribution in [2.45, 2.75) is 55.4 Å². The van der Waals surface area contributed by atoms with Gasteiger partial charge in [-0.1, -0.05) is 12.1 Å². The summed E-state index contributed by atoms with van der Waals surface area (Å²) in [6.45, 7) is 4.12. The maximum absolute atomic E-state index is 12.0. The van der Waals surface area contributed by atoms with Crippen LogP contribution in [0.2, 0.25) is 0 Å². The van der Waals surface area contributed by atoms with Gasteiger partial charge in [-0.2, -0.15) is 8.42 Å². The second kappa shape index (κ2) is 5.42. The minimum atomic E-state index is -4.14. The summed E-state index contributed by atoms with van der Waals surface area (Å²) in [4.78, 5) is 4.13. The fourth-order valence-electron chi connectivity index (χ4n) is 5.47.